The van der Waals surface area contributed by atoms with Crippen LogP contribution in [0.2, 0.25) is 0 Å². The number of thiophene rings is 1. The molecule has 0 bridgehead atoms. The van der Waals surface area contributed by atoms with Crippen molar-refractivity contribution in [1.29, 1.82) is 0 Å². The molecule has 1 heterocycles. The van der Waals surface area contributed by atoms with E-state index in [1.165, 1.54) is 23.1 Å². The summed E-state index contributed by atoms with van der Waals surface area (Å²) < 4.78 is 5.38. The molecular weight excluding hydrogens is 553 g/mol. The SMILES string of the molecule is CCCCC(=O)Nc1cccc(SC(C(=O)Nc2scc(-c3ccc(C)cc3)c2C(=O)OCC)c2ccccc2)c1. The first kappa shape index (κ1) is 30.1. The molecule has 0 aliphatic heterocycles. The maximum absolute atomic E-state index is 13.9. The number of anilines is 2. The molecule has 0 aliphatic rings. The largest absolute Gasteiger partial charge is 0.462 e. The number of hydrogen-bond acceptors (Lipinski definition) is 6. The van der Waals surface area contributed by atoms with Crippen molar-refractivity contribution in [2.24, 2.45) is 0 Å². The van der Waals surface area contributed by atoms with E-state index >= 15 is 0 Å². The van der Waals surface area contributed by atoms with Gasteiger partial charge in [-0.3, -0.25) is 9.59 Å². The van der Waals surface area contributed by atoms with Crippen molar-refractivity contribution >= 4 is 51.6 Å². The number of unbranched alkanes of at least 4 members (excludes halogenated alkanes) is 1. The van der Waals surface area contributed by atoms with Crippen LogP contribution in [0.25, 0.3) is 11.1 Å². The Morgan fingerprint density at radius 3 is 2.39 bits per heavy atom. The van der Waals surface area contributed by atoms with E-state index in [-0.39, 0.29) is 18.4 Å². The summed E-state index contributed by atoms with van der Waals surface area (Å²) in [5.41, 5.74) is 4.57. The summed E-state index contributed by atoms with van der Waals surface area (Å²) in [6.45, 7) is 6.04. The van der Waals surface area contributed by atoms with Gasteiger partial charge in [-0.1, -0.05) is 79.6 Å². The molecule has 1 aromatic heterocycles. The number of ether oxygens (including phenoxy) is 1. The molecule has 0 saturated carbocycles. The standard InChI is InChI=1S/C33H34N2O4S2/c1-4-6-15-28(36)34-25-13-10-14-26(20-25)41-30(24-11-8-7-9-12-24)31(37)35-32-29(33(38)39-5-2)27(21-40-32)23-18-16-22(3)17-19-23/h7-14,16-21,30H,4-6,15H2,1-3H3,(H,34,36)(H,35,37). The van der Waals surface area contributed by atoms with Crippen LogP contribution in [0.5, 0.6) is 0 Å². The molecule has 0 radical (unpaired) electrons. The predicted octanol–water partition coefficient (Wildman–Crippen LogP) is 8.50. The van der Waals surface area contributed by atoms with Gasteiger partial charge in [-0.15, -0.1) is 23.1 Å². The van der Waals surface area contributed by atoms with Crippen molar-refractivity contribution in [2.45, 2.75) is 50.2 Å². The molecule has 6 nitrogen and oxygen atoms in total. The summed E-state index contributed by atoms with van der Waals surface area (Å²) in [6.07, 6.45) is 2.25. The summed E-state index contributed by atoms with van der Waals surface area (Å²) >= 11 is 2.69. The summed E-state index contributed by atoms with van der Waals surface area (Å²) in [7, 11) is 0. The van der Waals surface area contributed by atoms with Gasteiger partial charge in [0.05, 0.1) is 6.61 Å². The number of benzene rings is 3. The van der Waals surface area contributed by atoms with Crippen LogP contribution in [0, 0.1) is 6.92 Å². The van der Waals surface area contributed by atoms with E-state index in [9.17, 15) is 14.4 Å². The lowest BCUT2D eigenvalue weighted by molar-refractivity contribution is -0.116. The Morgan fingerprint density at radius 1 is 0.927 bits per heavy atom. The minimum Gasteiger partial charge on any atom is -0.462 e. The summed E-state index contributed by atoms with van der Waals surface area (Å²) in [4.78, 5) is 40.1. The highest BCUT2D eigenvalue weighted by Crippen LogP contribution is 2.40. The first-order chi connectivity index (χ1) is 19.9. The number of esters is 1. The van der Waals surface area contributed by atoms with Crippen molar-refractivity contribution in [3.05, 3.63) is 101 Å². The number of rotatable bonds is 12. The van der Waals surface area contributed by atoms with Crippen LogP contribution in [0.4, 0.5) is 10.7 Å². The van der Waals surface area contributed by atoms with Crippen LogP contribution < -0.4 is 10.6 Å². The quantitative estimate of drug-likeness (QED) is 0.128. The first-order valence-electron chi connectivity index (χ1n) is 13.7. The fraction of sp³-hybridized carbons (Fsp3) is 0.242. The van der Waals surface area contributed by atoms with Crippen LogP contribution in [-0.2, 0) is 14.3 Å². The third-order valence-electron chi connectivity index (χ3n) is 6.34. The zero-order chi connectivity index (χ0) is 29.2. The van der Waals surface area contributed by atoms with E-state index in [2.05, 4.69) is 17.6 Å². The van der Waals surface area contributed by atoms with Crippen LogP contribution in [0.1, 0.15) is 59.8 Å². The molecule has 8 heteroatoms. The second-order valence-corrected chi connectivity index (χ2v) is 11.6. The molecule has 1 atom stereocenters. The van der Waals surface area contributed by atoms with Crippen molar-refractivity contribution in [1.82, 2.24) is 0 Å². The van der Waals surface area contributed by atoms with Gasteiger partial charge >= 0.3 is 5.97 Å². The van der Waals surface area contributed by atoms with Crippen LogP contribution in [0.3, 0.4) is 0 Å². The van der Waals surface area contributed by atoms with Gasteiger partial charge in [0, 0.05) is 27.9 Å². The van der Waals surface area contributed by atoms with Gasteiger partial charge in [-0.2, -0.15) is 0 Å². The van der Waals surface area contributed by atoms with E-state index in [1.54, 1.807) is 6.92 Å². The molecule has 4 aromatic rings. The zero-order valence-corrected chi connectivity index (χ0v) is 25.1. The van der Waals surface area contributed by atoms with Crippen LogP contribution >= 0.6 is 23.1 Å². The zero-order valence-electron chi connectivity index (χ0n) is 23.4. The predicted molar refractivity (Wildman–Crippen MR) is 169 cm³/mol. The number of carbonyl (C=O) groups is 3. The maximum Gasteiger partial charge on any atom is 0.341 e. The van der Waals surface area contributed by atoms with E-state index in [4.69, 9.17) is 4.74 Å². The molecule has 0 aliphatic carbocycles. The van der Waals surface area contributed by atoms with Gasteiger partial charge in [-0.05, 0) is 49.6 Å². The second-order valence-electron chi connectivity index (χ2n) is 9.52. The first-order valence-corrected chi connectivity index (χ1v) is 15.4. The Kier molecular flexibility index (Phi) is 10.8. The fourth-order valence-electron chi connectivity index (χ4n) is 4.22. The van der Waals surface area contributed by atoms with Crippen molar-refractivity contribution in [3.63, 3.8) is 0 Å². The highest BCUT2D eigenvalue weighted by Gasteiger charge is 2.27. The van der Waals surface area contributed by atoms with Gasteiger partial charge in [0.2, 0.25) is 11.8 Å². The molecular formula is C33H34N2O4S2. The fourth-order valence-corrected chi connectivity index (χ4v) is 6.27. The van der Waals surface area contributed by atoms with Crippen LogP contribution in [-0.4, -0.2) is 24.4 Å². The van der Waals surface area contributed by atoms with Gasteiger partial charge < -0.3 is 15.4 Å². The lowest BCUT2D eigenvalue weighted by Crippen LogP contribution is -2.20. The molecule has 4 rings (SSSR count). The van der Waals surface area contributed by atoms with Crippen LogP contribution in [0.15, 0.2) is 89.1 Å². The Balaban J connectivity index is 1.62. The molecule has 0 fully saturated rings. The maximum atomic E-state index is 13.9. The van der Waals surface area contributed by atoms with Gasteiger partial charge in [0.1, 0.15) is 15.8 Å². The van der Waals surface area contributed by atoms with E-state index in [0.29, 0.717) is 22.7 Å². The normalized spacial score (nSPS) is 11.5. The Labute approximate surface area is 249 Å². The number of amides is 2. The number of hydrogen-bond donors (Lipinski definition) is 2. The van der Waals surface area contributed by atoms with E-state index < -0.39 is 11.2 Å². The minimum absolute atomic E-state index is 0.0278. The lowest BCUT2D eigenvalue weighted by Gasteiger charge is -2.18. The molecule has 0 saturated heterocycles. The van der Waals surface area contributed by atoms with Gasteiger partial charge in [-0.25, -0.2) is 4.79 Å². The molecule has 2 N–H and O–H groups in total. The van der Waals surface area contributed by atoms with Crippen molar-refractivity contribution in [2.75, 3.05) is 17.2 Å². The lowest BCUT2D eigenvalue weighted by atomic mass is 10.0. The summed E-state index contributed by atoms with van der Waals surface area (Å²) in [5.74, 6) is -0.767. The van der Waals surface area contributed by atoms with E-state index in [1.807, 2.05) is 91.2 Å². The van der Waals surface area contributed by atoms with E-state index in [0.717, 1.165) is 40.0 Å². The molecule has 3 aromatic carbocycles. The number of thioether (sulfide) groups is 1. The third-order valence-corrected chi connectivity index (χ3v) is 8.48. The average Bonchev–Trinajstić information content (AvgIpc) is 3.39. The topological polar surface area (TPSA) is 84.5 Å². The van der Waals surface area contributed by atoms with Gasteiger partial charge in [0.25, 0.3) is 0 Å². The average molecular weight is 587 g/mol. The van der Waals surface area contributed by atoms with Gasteiger partial charge in [0.15, 0.2) is 0 Å². The highest BCUT2D eigenvalue weighted by molar-refractivity contribution is 8.00. The highest BCUT2D eigenvalue weighted by atomic mass is 32.2. The molecule has 2 amide bonds. The smallest absolute Gasteiger partial charge is 0.341 e. The summed E-state index contributed by atoms with van der Waals surface area (Å²) in [6, 6.07) is 24.9. The molecule has 41 heavy (non-hydrogen) atoms. The summed E-state index contributed by atoms with van der Waals surface area (Å²) in [5, 5.41) is 7.69. The monoisotopic (exact) mass is 586 g/mol. The third kappa shape index (κ3) is 8.08. The Bertz CT molecular complexity index is 1480. The second kappa shape index (κ2) is 14.7. The molecule has 212 valence electrons. The van der Waals surface area contributed by atoms with Crippen molar-refractivity contribution < 1.29 is 19.1 Å². The Morgan fingerprint density at radius 2 is 1.68 bits per heavy atom. The molecule has 1 unspecified atom stereocenters. The number of aryl methyl sites for hydroxylation is 1. The minimum atomic E-state index is -0.609. The van der Waals surface area contributed by atoms with Crippen molar-refractivity contribution in [3.8, 4) is 11.1 Å². The Hall–Kier alpha value is -3.88. The number of carbonyl (C=O) groups excluding carboxylic acids is 3. The molecule has 0 spiro atoms. The number of nitrogens with one attached hydrogen (secondary N) is 2.